The number of pyridine rings is 1. The van der Waals surface area contributed by atoms with Gasteiger partial charge in [0.2, 0.25) is 0 Å². The number of hydrogen-bond acceptors (Lipinski definition) is 4. The summed E-state index contributed by atoms with van der Waals surface area (Å²) in [4.78, 5) is 6.41. The molecule has 1 aromatic heterocycles. The number of rotatable bonds is 4. The fourth-order valence-corrected chi connectivity index (χ4v) is 1.90. The molecule has 0 saturated heterocycles. The van der Waals surface area contributed by atoms with Crippen LogP contribution >= 0.6 is 0 Å². The summed E-state index contributed by atoms with van der Waals surface area (Å²) in [5, 5.41) is 9.25. The average Bonchev–Trinajstić information content (AvgIpc) is 2.46. The highest BCUT2D eigenvalue weighted by Crippen LogP contribution is 2.31. The summed E-state index contributed by atoms with van der Waals surface area (Å²) in [6.45, 7) is 0.00433. The number of aliphatic hydroxyl groups excluding tert-OH is 1. The minimum atomic E-state index is 0.00433. The van der Waals surface area contributed by atoms with Crippen LogP contribution in [0.1, 0.15) is 5.56 Å². The SMILES string of the molecule is COc1ccc(CO)cc1-c1cc(N(C)C)ccn1. The molecule has 4 nitrogen and oxygen atoms in total. The van der Waals surface area contributed by atoms with Crippen LogP contribution in [0, 0.1) is 0 Å². The van der Waals surface area contributed by atoms with Gasteiger partial charge in [-0.05, 0) is 29.8 Å². The van der Waals surface area contributed by atoms with E-state index in [1.807, 2.05) is 49.3 Å². The zero-order chi connectivity index (χ0) is 13.8. The highest BCUT2D eigenvalue weighted by molar-refractivity contribution is 5.71. The molecule has 0 fully saturated rings. The fraction of sp³-hybridized carbons (Fsp3) is 0.267. The third kappa shape index (κ3) is 2.85. The number of ether oxygens (including phenoxy) is 1. The van der Waals surface area contributed by atoms with Gasteiger partial charge in [-0.15, -0.1) is 0 Å². The highest BCUT2D eigenvalue weighted by Gasteiger charge is 2.09. The van der Waals surface area contributed by atoms with Gasteiger partial charge in [0.1, 0.15) is 5.75 Å². The number of anilines is 1. The third-order valence-corrected chi connectivity index (χ3v) is 2.98. The third-order valence-electron chi connectivity index (χ3n) is 2.98. The monoisotopic (exact) mass is 258 g/mol. The van der Waals surface area contributed by atoms with Crippen LogP contribution in [0.5, 0.6) is 5.75 Å². The van der Waals surface area contributed by atoms with Crippen molar-refractivity contribution in [3.8, 4) is 17.0 Å². The molecule has 0 saturated carbocycles. The van der Waals surface area contributed by atoms with Gasteiger partial charge in [0.15, 0.2) is 0 Å². The van der Waals surface area contributed by atoms with Crippen LogP contribution in [0.25, 0.3) is 11.3 Å². The van der Waals surface area contributed by atoms with Gasteiger partial charge in [-0.3, -0.25) is 4.98 Å². The molecule has 0 amide bonds. The number of aromatic nitrogens is 1. The molecule has 4 heteroatoms. The predicted octanol–water partition coefficient (Wildman–Crippen LogP) is 2.32. The van der Waals surface area contributed by atoms with Crippen molar-refractivity contribution in [2.75, 3.05) is 26.1 Å². The zero-order valence-electron chi connectivity index (χ0n) is 11.4. The topological polar surface area (TPSA) is 45.6 Å². The Labute approximate surface area is 113 Å². The minimum Gasteiger partial charge on any atom is -0.496 e. The molecule has 19 heavy (non-hydrogen) atoms. The van der Waals surface area contributed by atoms with Gasteiger partial charge in [-0.1, -0.05) is 6.07 Å². The van der Waals surface area contributed by atoms with E-state index in [4.69, 9.17) is 4.74 Å². The molecular formula is C15H18N2O2. The Morgan fingerprint density at radius 2 is 2.00 bits per heavy atom. The number of methoxy groups -OCH3 is 1. The molecule has 0 aliphatic heterocycles. The second kappa shape index (κ2) is 5.71. The smallest absolute Gasteiger partial charge is 0.128 e. The minimum absolute atomic E-state index is 0.00433. The molecule has 100 valence electrons. The first-order chi connectivity index (χ1) is 9.15. The van der Waals surface area contributed by atoms with Crippen LogP contribution in [-0.4, -0.2) is 31.3 Å². The van der Waals surface area contributed by atoms with Crippen molar-refractivity contribution in [1.82, 2.24) is 4.98 Å². The summed E-state index contributed by atoms with van der Waals surface area (Å²) in [5.41, 5.74) is 3.63. The molecule has 0 bridgehead atoms. The lowest BCUT2D eigenvalue weighted by atomic mass is 10.1. The molecule has 0 radical (unpaired) electrons. The Morgan fingerprint density at radius 1 is 1.21 bits per heavy atom. The van der Waals surface area contributed by atoms with Crippen molar-refractivity contribution in [3.05, 3.63) is 42.1 Å². The maximum Gasteiger partial charge on any atom is 0.128 e. The molecule has 2 aromatic rings. The maximum atomic E-state index is 9.25. The lowest BCUT2D eigenvalue weighted by Crippen LogP contribution is -2.08. The van der Waals surface area contributed by atoms with Gasteiger partial charge in [-0.2, -0.15) is 0 Å². The van der Waals surface area contributed by atoms with E-state index < -0.39 is 0 Å². The Morgan fingerprint density at radius 3 is 2.63 bits per heavy atom. The summed E-state index contributed by atoms with van der Waals surface area (Å²) >= 11 is 0. The van der Waals surface area contributed by atoms with Gasteiger partial charge in [0.25, 0.3) is 0 Å². The van der Waals surface area contributed by atoms with E-state index in [1.165, 1.54) is 0 Å². The molecular weight excluding hydrogens is 240 g/mol. The molecule has 0 aliphatic carbocycles. The van der Waals surface area contributed by atoms with Crippen molar-refractivity contribution in [2.24, 2.45) is 0 Å². The Kier molecular flexibility index (Phi) is 4.02. The molecule has 1 heterocycles. The number of nitrogens with zero attached hydrogens (tertiary/aromatic N) is 2. The first-order valence-corrected chi connectivity index (χ1v) is 6.07. The van der Waals surface area contributed by atoms with Gasteiger partial charge in [-0.25, -0.2) is 0 Å². The average molecular weight is 258 g/mol. The van der Waals surface area contributed by atoms with Crippen molar-refractivity contribution in [2.45, 2.75) is 6.61 Å². The zero-order valence-corrected chi connectivity index (χ0v) is 11.4. The molecule has 0 atom stereocenters. The largest absolute Gasteiger partial charge is 0.496 e. The van der Waals surface area contributed by atoms with Crippen LogP contribution in [0.15, 0.2) is 36.5 Å². The first kappa shape index (κ1) is 13.4. The van der Waals surface area contributed by atoms with E-state index in [0.29, 0.717) is 0 Å². The van der Waals surface area contributed by atoms with Crippen LogP contribution in [0.3, 0.4) is 0 Å². The van der Waals surface area contributed by atoms with Gasteiger partial charge < -0.3 is 14.7 Å². The molecule has 2 rings (SSSR count). The predicted molar refractivity (Wildman–Crippen MR) is 76.5 cm³/mol. The number of aliphatic hydroxyl groups is 1. The molecule has 0 aliphatic rings. The van der Waals surface area contributed by atoms with Crippen LogP contribution in [0.4, 0.5) is 5.69 Å². The van der Waals surface area contributed by atoms with Crippen LogP contribution < -0.4 is 9.64 Å². The van der Waals surface area contributed by atoms with Gasteiger partial charge >= 0.3 is 0 Å². The maximum absolute atomic E-state index is 9.25. The highest BCUT2D eigenvalue weighted by atomic mass is 16.5. The summed E-state index contributed by atoms with van der Waals surface area (Å²) in [5.74, 6) is 0.751. The van der Waals surface area contributed by atoms with E-state index in [0.717, 1.165) is 28.3 Å². The molecule has 0 unspecified atom stereocenters. The second-order valence-corrected chi connectivity index (χ2v) is 4.49. The van der Waals surface area contributed by atoms with Crippen LogP contribution in [-0.2, 0) is 6.61 Å². The normalized spacial score (nSPS) is 10.3. The van der Waals surface area contributed by atoms with Crippen molar-refractivity contribution < 1.29 is 9.84 Å². The van der Waals surface area contributed by atoms with E-state index in [9.17, 15) is 5.11 Å². The van der Waals surface area contributed by atoms with Gasteiger partial charge in [0, 0.05) is 31.5 Å². The Hall–Kier alpha value is -2.07. The Bertz CT molecular complexity index is 568. The molecule has 0 spiro atoms. The first-order valence-electron chi connectivity index (χ1n) is 6.07. The quantitative estimate of drug-likeness (QED) is 0.914. The standard InChI is InChI=1S/C15H18N2O2/c1-17(2)12-6-7-16-14(9-12)13-8-11(10-18)4-5-15(13)19-3/h4-9,18H,10H2,1-3H3. The van der Waals surface area contributed by atoms with Crippen molar-refractivity contribution >= 4 is 5.69 Å². The van der Waals surface area contributed by atoms with E-state index in [2.05, 4.69) is 4.98 Å². The fourth-order valence-electron chi connectivity index (χ4n) is 1.90. The van der Waals surface area contributed by atoms with Crippen molar-refractivity contribution in [1.29, 1.82) is 0 Å². The van der Waals surface area contributed by atoms with Crippen molar-refractivity contribution in [3.63, 3.8) is 0 Å². The Balaban J connectivity index is 2.53. The summed E-state index contributed by atoms with van der Waals surface area (Å²) in [7, 11) is 5.61. The van der Waals surface area contributed by atoms with E-state index in [1.54, 1.807) is 13.3 Å². The van der Waals surface area contributed by atoms with E-state index >= 15 is 0 Å². The number of hydrogen-bond donors (Lipinski definition) is 1. The number of benzene rings is 1. The summed E-state index contributed by atoms with van der Waals surface area (Å²) in [6.07, 6.45) is 1.77. The van der Waals surface area contributed by atoms with Crippen LogP contribution in [0.2, 0.25) is 0 Å². The lowest BCUT2D eigenvalue weighted by Gasteiger charge is -2.14. The molecule has 1 aromatic carbocycles. The van der Waals surface area contributed by atoms with Gasteiger partial charge in [0.05, 0.1) is 19.4 Å². The second-order valence-electron chi connectivity index (χ2n) is 4.49. The summed E-state index contributed by atoms with van der Waals surface area (Å²) < 4.78 is 5.36. The summed E-state index contributed by atoms with van der Waals surface area (Å²) in [6, 6.07) is 9.55. The molecule has 1 N–H and O–H groups in total. The van der Waals surface area contributed by atoms with E-state index in [-0.39, 0.29) is 6.61 Å². The lowest BCUT2D eigenvalue weighted by molar-refractivity contribution is 0.281.